The summed E-state index contributed by atoms with van der Waals surface area (Å²) in [6.45, 7) is 16.0. The second-order valence-electron chi connectivity index (χ2n) is 10.7. The summed E-state index contributed by atoms with van der Waals surface area (Å²) in [7, 11) is 0. The van der Waals surface area contributed by atoms with Crippen LogP contribution in [0, 0.1) is 5.41 Å². The summed E-state index contributed by atoms with van der Waals surface area (Å²) in [5.41, 5.74) is 4.17. The van der Waals surface area contributed by atoms with E-state index in [-0.39, 0.29) is 6.09 Å². The fraction of sp³-hybridized carbons (Fsp3) is 0.640. The Bertz CT molecular complexity index is 792. The number of piperazine rings is 1. The van der Waals surface area contributed by atoms with Gasteiger partial charge < -0.3 is 9.64 Å². The van der Waals surface area contributed by atoms with Crippen LogP contribution in [0.25, 0.3) is 5.57 Å². The Balaban J connectivity index is 1.73. The van der Waals surface area contributed by atoms with Crippen LogP contribution in [0.5, 0.6) is 0 Å². The number of nitrogens with zero attached hydrogens (tertiary/aromatic N) is 2. The summed E-state index contributed by atoms with van der Waals surface area (Å²) in [4.78, 5) is 16.8. The first-order chi connectivity index (χ1) is 13.9. The van der Waals surface area contributed by atoms with Crippen LogP contribution < -0.4 is 0 Å². The number of halogens is 1. The third-order valence-electron chi connectivity index (χ3n) is 6.19. The van der Waals surface area contributed by atoms with Gasteiger partial charge in [0.15, 0.2) is 0 Å². The summed E-state index contributed by atoms with van der Waals surface area (Å²) in [6.07, 6.45) is 3.24. The van der Waals surface area contributed by atoms with Gasteiger partial charge in [-0.1, -0.05) is 43.2 Å². The van der Waals surface area contributed by atoms with Gasteiger partial charge in [0.1, 0.15) is 5.60 Å². The van der Waals surface area contributed by atoms with Gasteiger partial charge in [0.25, 0.3) is 0 Å². The number of hydrogen-bond acceptors (Lipinski definition) is 3. The second kappa shape index (κ2) is 8.92. The standard InChI is InChI=1S/C25H37ClN2O2/c1-18-16-28(23(29)30-24(2,3)4)14-13-27(18)17-20-11-12-25(5,6)15-22(20)19-7-9-21(26)10-8-19/h7-10,18H,11-17H2,1-6H3. The van der Waals surface area contributed by atoms with Crippen molar-refractivity contribution in [3.63, 3.8) is 0 Å². The van der Waals surface area contributed by atoms with Gasteiger partial charge in [-0.25, -0.2) is 4.79 Å². The molecule has 166 valence electrons. The molecule has 0 spiro atoms. The molecule has 1 aromatic carbocycles. The van der Waals surface area contributed by atoms with E-state index in [4.69, 9.17) is 16.3 Å². The van der Waals surface area contributed by atoms with E-state index in [0.717, 1.165) is 31.0 Å². The predicted octanol–water partition coefficient (Wildman–Crippen LogP) is 6.24. The van der Waals surface area contributed by atoms with Crippen LogP contribution in [0.1, 0.15) is 66.4 Å². The van der Waals surface area contributed by atoms with Crippen LogP contribution in [0.2, 0.25) is 5.02 Å². The lowest BCUT2D eigenvalue weighted by molar-refractivity contribution is 0.00694. The average Bonchev–Trinajstić information content (AvgIpc) is 2.63. The number of carbonyl (C=O) groups excluding carboxylic acids is 1. The molecule has 0 saturated carbocycles. The minimum Gasteiger partial charge on any atom is -0.444 e. The molecule has 5 heteroatoms. The Hall–Kier alpha value is -1.52. The summed E-state index contributed by atoms with van der Waals surface area (Å²) in [5.74, 6) is 0. The van der Waals surface area contributed by atoms with Crippen LogP contribution in [0.3, 0.4) is 0 Å². The minimum absolute atomic E-state index is 0.200. The maximum atomic E-state index is 12.5. The van der Waals surface area contributed by atoms with Gasteiger partial charge in [-0.2, -0.15) is 0 Å². The molecular formula is C25H37ClN2O2. The first-order valence-corrected chi connectivity index (χ1v) is 11.5. The van der Waals surface area contributed by atoms with Gasteiger partial charge in [-0.3, -0.25) is 4.90 Å². The fourth-order valence-corrected chi connectivity index (χ4v) is 4.56. The molecule has 0 bridgehead atoms. The molecular weight excluding hydrogens is 396 g/mol. The molecule has 1 atom stereocenters. The number of allylic oxidation sites excluding steroid dienone is 1. The van der Waals surface area contributed by atoms with Crippen LogP contribution in [0.15, 0.2) is 29.8 Å². The lowest BCUT2D eigenvalue weighted by Gasteiger charge is -2.42. The van der Waals surface area contributed by atoms with Gasteiger partial charge >= 0.3 is 6.09 Å². The van der Waals surface area contributed by atoms with E-state index in [1.54, 1.807) is 0 Å². The number of amides is 1. The van der Waals surface area contributed by atoms with Crippen molar-refractivity contribution in [2.24, 2.45) is 5.41 Å². The molecule has 1 aliphatic heterocycles. The number of ether oxygens (including phenoxy) is 1. The number of benzene rings is 1. The summed E-state index contributed by atoms with van der Waals surface area (Å²) < 4.78 is 5.57. The molecule has 3 rings (SSSR count). The highest BCUT2D eigenvalue weighted by atomic mass is 35.5. The summed E-state index contributed by atoms with van der Waals surface area (Å²) in [5, 5.41) is 0.780. The number of hydrogen-bond donors (Lipinski definition) is 0. The van der Waals surface area contributed by atoms with Crippen LogP contribution in [-0.4, -0.2) is 53.7 Å². The molecule has 30 heavy (non-hydrogen) atoms. The van der Waals surface area contributed by atoms with Crippen molar-refractivity contribution >= 4 is 23.3 Å². The molecule has 0 aromatic heterocycles. The normalized spacial score (nSPS) is 22.9. The van der Waals surface area contributed by atoms with Crippen LogP contribution in [0.4, 0.5) is 4.79 Å². The van der Waals surface area contributed by atoms with Crippen molar-refractivity contribution < 1.29 is 9.53 Å². The average molecular weight is 433 g/mol. The third-order valence-corrected chi connectivity index (χ3v) is 6.44. The van der Waals surface area contributed by atoms with Crippen LogP contribution in [-0.2, 0) is 4.74 Å². The highest BCUT2D eigenvalue weighted by Crippen LogP contribution is 2.43. The largest absolute Gasteiger partial charge is 0.444 e. The fourth-order valence-electron chi connectivity index (χ4n) is 4.43. The van der Waals surface area contributed by atoms with Crippen molar-refractivity contribution in [2.75, 3.05) is 26.2 Å². The Kier molecular flexibility index (Phi) is 6.88. The van der Waals surface area contributed by atoms with E-state index in [2.05, 4.69) is 37.8 Å². The monoisotopic (exact) mass is 432 g/mol. The summed E-state index contributed by atoms with van der Waals surface area (Å²) >= 11 is 6.13. The SMILES string of the molecule is CC1CN(C(=O)OC(C)(C)C)CCN1CC1=C(c2ccc(Cl)cc2)CC(C)(C)CC1. The van der Waals surface area contributed by atoms with E-state index in [1.165, 1.54) is 23.1 Å². The molecule has 1 amide bonds. The van der Waals surface area contributed by atoms with E-state index < -0.39 is 5.60 Å². The van der Waals surface area contributed by atoms with Crippen molar-refractivity contribution in [3.8, 4) is 0 Å². The van der Waals surface area contributed by atoms with E-state index in [1.807, 2.05) is 37.8 Å². The Morgan fingerprint density at radius 1 is 1.20 bits per heavy atom. The second-order valence-corrected chi connectivity index (χ2v) is 11.1. The van der Waals surface area contributed by atoms with Gasteiger partial charge in [-0.05, 0) is 75.6 Å². The number of carbonyl (C=O) groups is 1. The lowest BCUT2D eigenvalue weighted by Crippen LogP contribution is -2.54. The van der Waals surface area contributed by atoms with Gasteiger partial charge in [-0.15, -0.1) is 0 Å². The Morgan fingerprint density at radius 3 is 2.47 bits per heavy atom. The third kappa shape index (κ3) is 6.01. The van der Waals surface area contributed by atoms with Crippen molar-refractivity contribution in [1.82, 2.24) is 9.80 Å². The predicted molar refractivity (Wildman–Crippen MR) is 125 cm³/mol. The molecule has 1 aromatic rings. The molecule has 0 N–H and O–H groups in total. The lowest BCUT2D eigenvalue weighted by atomic mass is 9.72. The molecule has 1 heterocycles. The van der Waals surface area contributed by atoms with E-state index in [9.17, 15) is 4.79 Å². The zero-order valence-corrected chi connectivity index (χ0v) is 20.2. The zero-order valence-electron chi connectivity index (χ0n) is 19.4. The molecule has 2 aliphatic rings. The van der Waals surface area contributed by atoms with Crippen LogP contribution >= 0.6 is 11.6 Å². The Labute approximate surface area is 187 Å². The molecule has 1 saturated heterocycles. The van der Waals surface area contributed by atoms with E-state index in [0.29, 0.717) is 24.5 Å². The maximum absolute atomic E-state index is 12.5. The highest BCUT2D eigenvalue weighted by Gasteiger charge is 2.33. The quantitative estimate of drug-likeness (QED) is 0.566. The van der Waals surface area contributed by atoms with Gasteiger partial charge in [0.05, 0.1) is 0 Å². The first-order valence-electron chi connectivity index (χ1n) is 11.1. The summed E-state index contributed by atoms with van der Waals surface area (Å²) in [6, 6.07) is 8.60. The molecule has 4 nitrogen and oxygen atoms in total. The molecule has 1 aliphatic carbocycles. The molecule has 0 radical (unpaired) electrons. The zero-order chi connectivity index (χ0) is 22.1. The molecule has 1 unspecified atom stereocenters. The molecule has 1 fully saturated rings. The highest BCUT2D eigenvalue weighted by molar-refractivity contribution is 6.30. The van der Waals surface area contributed by atoms with Crippen molar-refractivity contribution in [1.29, 1.82) is 0 Å². The smallest absolute Gasteiger partial charge is 0.410 e. The number of rotatable bonds is 3. The van der Waals surface area contributed by atoms with E-state index >= 15 is 0 Å². The van der Waals surface area contributed by atoms with Gasteiger partial charge in [0.2, 0.25) is 0 Å². The Morgan fingerprint density at radius 2 is 1.87 bits per heavy atom. The first kappa shape index (κ1) is 23.1. The topological polar surface area (TPSA) is 32.8 Å². The maximum Gasteiger partial charge on any atom is 0.410 e. The van der Waals surface area contributed by atoms with Crippen molar-refractivity contribution in [3.05, 3.63) is 40.4 Å². The minimum atomic E-state index is -0.454. The van der Waals surface area contributed by atoms with Gasteiger partial charge in [0, 0.05) is 37.2 Å². The van der Waals surface area contributed by atoms with Crippen molar-refractivity contribution in [2.45, 2.75) is 72.4 Å².